The van der Waals surface area contributed by atoms with Crippen LogP contribution in [0, 0.1) is 16.7 Å². The molecule has 16 heavy (non-hydrogen) atoms. The van der Waals surface area contributed by atoms with Gasteiger partial charge in [-0.25, -0.2) is 0 Å². The fourth-order valence-electron chi connectivity index (χ4n) is 1.26. The van der Waals surface area contributed by atoms with Crippen molar-refractivity contribution in [2.75, 3.05) is 19.7 Å². The zero-order valence-corrected chi connectivity index (χ0v) is 10.5. The number of carbonyl (C=O) groups is 1. The molecular weight excluding hydrogens is 204 g/mol. The lowest BCUT2D eigenvalue weighted by Gasteiger charge is -2.14. The largest absolute Gasteiger partial charge is 0.466 e. The maximum absolute atomic E-state index is 11.0. The Hall–Kier alpha value is -1.08. The first-order valence-electron chi connectivity index (χ1n) is 5.79. The van der Waals surface area contributed by atoms with Crippen LogP contribution in [0.2, 0.25) is 0 Å². The molecule has 1 N–H and O–H groups in total. The van der Waals surface area contributed by atoms with E-state index in [9.17, 15) is 4.79 Å². The molecule has 0 fully saturated rings. The van der Waals surface area contributed by atoms with Crippen LogP contribution in [-0.2, 0) is 9.53 Å². The molecule has 0 heterocycles. The number of hydrogen-bond donors (Lipinski definition) is 1. The van der Waals surface area contributed by atoms with Gasteiger partial charge in [0.05, 0.1) is 24.5 Å². The number of nitrogens with one attached hydrogen (secondary N) is 1. The van der Waals surface area contributed by atoms with Crippen LogP contribution >= 0.6 is 0 Å². The number of hydrogen-bond acceptors (Lipinski definition) is 4. The highest BCUT2D eigenvalue weighted by Crippen LogP contribution is 2.19. The van der Waals surface area contributed by atoms with Gasteiger partial charge in [0, 0.05) is 6.54 Å². The first-order chi connectivity index (χ1) is 7.52. The minimum Gasteiger partial charge on any atom is -0.466 e. The molecule has 92 valence electrons. The topological polar surface area (TPSA) is 62.1 Å². The minimum atomic E-state index is -0.247. The number of nitrogens with zero attached hydrogens (tertiary/aromatic N) is 1. The molecule has 0 saturated carbocycles. The lowest BCUT2D eigenvalue weighted by molar-refractivity contribution is -0.142. The Labute approximate surface area is 98.0 Å². The molecule has 0 rings (SSSR count). The predicted molar refractivity (Wildman–Crippen MR) is 62.7 cm³/mol. The molecule has 0 aromatic carbocycles. The van der Waals surface area contributed by atoms with Crippen molar-refractivity contribution in [2.45, 2.75) is 40.0 Å². The fourth-order valence-corrected chi connectivity index (χ4v) is 1.26. The third-order valence-electron chi connectivity index (χ3n) is 2.27. The van der Waals surface area contributed by atoms with Gasteiger partial charge in [-0.15, -0.1) is 0 Å². The molecule has 0 unspecified atom stereocenters. The van der Waals surface area contributed by atoms with Crippen LogP contribution in [0.5, 0.6) is 0 Å². The Morgan fingerprint density at radius 1 is 1.44 bits per heavy atom. The van der Waals surface area contributed by atoms with Crippen LogP contribution in [0.1, 0.15) is 40.0 Å². The van der Waals surface area contributed by atoms with E-state index in [0.717, 1.165) is 19.4 Å². The van der Waals surface area contributed by atoms with E-state index in [4.69, 9.17) is 10.00 Å². The Morgan fingerprint density at radius 3 is 2.69 bits per heavy atom. The molecule has 0 aliphatic heterocycles. The minimum absolute atomic E-state index is 0.160. The SMILES string of the molecule is CCOC(=O)CCNCCCC(C)(C)C#N. The molecule has 0 aliphatic carbocycles. The summed E-state index contributed by atoms with van der Waals surface area (Å²) in [5, 5.41) is 12.0. The molecule has 0 spiro atoms. The molecule has 0 atom stereocenters. The van der Waals surface area contributed by atoms with Gasteiger partial charge in [0.15, 0.2) is 0 Å². The van der Waals surface area contributed by atoms with Gasteiger partial charge in [-0.1, -0.05) is 0 Å². The first-order valence-corrected chi connectivity index (χ1v) is 5.79. The highest BCUT2D eigenvalue weighted by molar-refractivity contribution is 5.69. The van der Waals surface area contributed by atoms with Crippen molar-refractivity contribution in [3.05, 3.63) is 0 Å². The van der Waals surface area contributed by atoms with Gasteiger partial charge in [0.2, 0.25) is 0 Å². The average Bonchev–Trinajstić information content (AvgIpc) is 2.23. The van der Waals surface area contributed by atoms with Crippen LogP contribution < -0.4 is 5.32 Å². The molecule has 0 aromatic rings. The quantitative estimate of drug-likeness (QED) is 0.507. The summed E-state index contributed by atoms with van der Waals surface area (Å²) in [5.41, 5.74) is -0.247. The van der Waals surface area contributed by atoms with E-state index < -0.39 is 0 Å². The fraction of sp³-hybridized carbons (Fsp3) is 0.833. The van der Waals surface area contributed by atoms with Gasteiger partial charge in [-0.3, -0.25) is 4.79 Å². The standard InChI is InChI=1S/C12H22N2O2/c1-4-16-11(15)6-9-14-8-5-7-12(2,3)10-13/h14H,4-9H2,1-3H3. The van der Waals surface area contributed by atoms with E-state index in [1.54, 1.807) is 6.92 Å². The number of ether oxygens (including phenoxy) is 1. The molecule has 4 nitrogen and oxygen atoms in total. The third-order valence-corrected chi connectivity index (χ3v) is 2.27. The van der Waals surface area contributed by atoms with E-state index in [2.05, 4.69) is 11.4 Å². The molecule has 0 bridgehead atoms. The van der Waals surface area contributed by atoms with Gasteiger partial charge in [0.1, 0.15) is 0 Å². The van der Waals surface area contributed by atoms with Crippen molar-refractivity contribution < 1.29 is 9.53 Å². The van der Waals surface area contributed by atoms with Crippen LogP contribution in [-0.4, -0.2) is 25.7 Å². The zero-order valence-electron chi connectivity index (χ0n) is 10.5. The van der Waals surface area contributed by atoms with Gasteiger partial charge < -0.3 is 10.1 Å². The molecule has 0 amide bonds. The van der Waals surface area contributed by atoms with Crippen molar-refractivity contribution in [1.29, 1.82) is 5.26 Å². The Kier molecular flexibility index (Phi) is 7.57. The molecule has 0 aromatic heterocycles. The summed E-state index contributed by atoms with van der Waals surface area (Å²) in [6.07, 6.45) is 2.23. The summed E-state index contributed by atoms with van der Waals surface area (Å²) >= 11 is 0. The molecule has 0 saturated heterocycles. The van der Waals surface area contributed by atoms with Gasteiger partial charge >= 0.3 is 5.97 Å². The second-order valence-electron chi connectivity index (χ2n) is 4.40. The summed E-state index contributed by atoms with van der Waals surface area (Å²) in [6, 6.07) is 2.27. The predicted octanol–water partition coefficient (Wildman–Crippen LogP) is 1.86. The lowest BCUT2D eigenvalue weighted by atomic mass is 9.90. The number of carbonyl (C=O) groups excluding carboxylic acids is 1. The lowest BCUT2D eigenvalue weighted by Crippen LogP contribution is -2.21. The van der Waals surface area contributed by atoms with Crippen LogP contribution in [0.4, 0.5) is 0 Å². The van der Waals surface area contributed by atoms with E-state index in [1.807, 2.05) is 13.8 Å². The number of esters is 1. The summed E-state index contributed by atoms with van der Waals surface area (Å²) in [6.45, 7) is 7.60. The highest BCUT2D eigenvalue weighted by Gasteiger charge is 2.15. The average molecular weight is 226 g/mol. The van der Waals surface area contributed by atoms with E-state index in [0.29, 0.717) is 19.6 Å². The van der Waals surface area contributed by atoms with E-state index in [1.165, 1.54) is 0 Å². The van der Waals surface area contributed by atoms with E-state index >= 15 is 0 Å². The molecule has 0 radical (unpaired) electrons. The van der Waals surface area contributed by atoms with Crippen molar-refractivity contribution in [2.24, 2.45) is 5.41 Å². The second kappa shape index (κ2) is 8.12. The van der Waals surface area contributed by atoms with E-state index in [-0.39, 0.29) is 11.4 Å². The summed E-state index contributed by atoms with van der Waals surface area (Å²) in [4.78, 5) is 11.0. The van der Waals surface area contributed by atoms with Gasteiger partial charge in [-0.2, -0.15) is 5.26 Å². The van der Waals surface area contributed by atoms with Crippen molar-refractivity contribution in [3.8, 4) is 6.07 Å². The zero-order chi connectivity index (χ0) is 12.4. The van der Waals surface area contributed by atoms with Gasteiger partial charge in [-0.05, 0) is 40.2 Å². The maximum atomic E-state index is 11.0. The third kappa shape index (κ3) is 8.25. The Bertz CT molecular complexity index is 244. The monoisotopic (exact) mass is 226 g/mol. The number of nitriles is 1. The Morgan fingerprint density at radius 2 is 2.12 bits per heavy atom. The molecule has 0 aliphatic rings. The first kappa shape index (κ1) is 14.9. The molecular formula is C12H22N2O2. The summed E-state index contributed by atoms with van der Waals surface area (Å²) < 4.78 is 4.80. The van der Waals surface area contributed by atoms with Crippen LogP contribution in [0.15, 0.2) is 0 Å². The van der Waals surface area contributed by atoms with Crippen LogP contribution in [0.3, 0.4) is 0 Å². The van der Waals surface area contributed by atoms with Crippen molar-refractivity contribution in [3.63, 3.8) is 0 Å². The molecule has 4 heteroatoms. The van der Waals surface area contributed by atoms with Crippen molar-refractivity contribution >= 4 is 5.97 Å². The smallest absolute Gasteiger partial charge is 0.307 e. The maximum Gasteiger partial charge on any atom is 0.307 e. The van der Waals surface area contributed by atoms with Crippen molar-refractivity contribution in [1.82, 2.24) is 5.32 Å². The van der Waals surface area contributed by atoms with Gasteiger partial charge in [0.25, 0.3) is 0 Å². The number of rotatable bonds is 8. The van der Waals surface area contributed by atoms with Crippen LogP contribution in [0.25, 0.3) is 0 Å². The Balaban J connectivity index is 3.35. The summed E-state index contributed by atoms with van der Waals surface area (Å²) in [5.74, 6) is -0.160. The second-order valence-corrected chi connectivity index (χ2v) is 4.40. The normalized spacial score (nSPS) is 10.9. The highest BCUT2D eigenvalue weighted by atomic mass is 16.5. The summed E-state index contributed by atoms with van der Waals surface area (Å²) in [7, 11) is 0.